The second kappa shape index (κ2) is 5.60. The summed E-state index contributed by atoms with van der Waals surface area (Å²) >= 11 is 0. The fourth-order valence-electron chi connectivity index (χ4n) is 2.30. The Balaban J connectivity index is 2.40. The molecule has 0 radical (unpaired) electrons. The van der Waals surface area contributed by atoms with Gasteiger partial charge in [-0.15, -0.1) is 0 Å². The number of nitrogens with one attached hydrogen (secondary N) is 1. The molecule has 7 nitrogen and oxygen atoms in total. The number of nitrogens with zero attached hydrogens (tertiary/aromatic N) is 1. The molecule has 0 bridgehead atoms. The van der Waals surface area contributed by atoms with E-state index < -0.39 is 17.9 Å². The monoisotopic (exact) mass is 277 g/mol. The van der Waals surface area contributed by atoms with Gasteiger partial charge in [-0.25, -0.2) is 0 Å². The van der Waals surface area contributed by atoms with Crippen molar-refractivity contribution < 1.29 is 19.5 Å². The van der Waals surface area contributed by atoms with Crippen molar-refractivity contribution in [2.75, 3.05) is 18.0 Å². The number of hydrogen-bond acceptors (Lipinski definition) is 4. The van der Waals surface area contributed by atoms with Crippen molar-refractivity contribution in [2.45, 2.75) is 12.5 Å². The van der Waals surface area contributed by atoms with Gasteiger partial charge in [0, 0.05) is 13.1 Å². The molecule has 1 aromatic rings. The van der Waals surface area contributed by atoms with Gasteiger partial charge in [0.15, 0.2) is 0 Å². The number of primary amides is 1. The minimum atomic E-state index is -1.08. The zero-order valence-corrected chi connectivity index (χ0v) is 10.7. The molecule has 7 heteroatoms. The van der Waals surface area contributed by atoms with Crippen LogP contribution < -0.4 is 16.0 Å². The molecule has 0 spiro atoms. The maximum Gasteiger partial charge on any atom is 0.305 e. The van der Waals surface area contributed by atoms with Crippen LogP contribution >= 0.6 is 0 Å². The van der Waals surface area contributed by atoms with E-state index in [0.29, 0.717) is 18.8 Å². The number of benzene rings is 1. The van der Waals surface area contributed by atoms with Crippen LogP contribution in [0, 0.1) is 0 Å². The van der Waals surface area contributed by atoms with Gasteiger partial charge in [0.1, 0.15) is 6.04 Å². The zero-order valence-electron chi connectivity index (χ0n) is 10.7. The summed E-state index contributed by atoms with van der Waals surface area (Å²) in [6.07, 6.45) is -0.334. The topological polar surface area (TPSA) is 113 Å². The Kier molecular flexibility index (Phi) is 3.88. The van der Waals surface area contributed by atoms with Crippen LogP contribution in [0.2, 0.25) is 0 Å². The first kappa shape index (κ1) is 13.9. The van der Waals surface area contributed by atoms with Crippen LogP contribution in [-0.2, 0) is 9.59 Å². The van der Waals surface area contributed by atoms with Crippen LogP contribution in [0.3, 0.4) is 0 Å². The van der Waals surface area contributed by atoms with Crippen molar-refractivity contribution in [1.29, 1.82) is 0 Å². The molecule has 1 aliphatic rings. The molecule has 20 heavy (non-hydrogen) atoms. The molecule has 0 aliphatic carbocycles. The highest BCUT2D eigenvalue weighted by molar-refractivity contribution is 6.00. The molecule has 2 amide bonds. The SMILES string of the molecule is NC(=O)c1ccccc1N1CCNC(=O)C1CC(=O)O. The molecule has 1 unspecified atom stereocenters. The first-order valence-corrected chi connectivity index (χ1v) is 6.15. The number of carboxylic acids is 1. The van der Waals surface area contributed by atoms with Crippen molar-refractivity contribution >= 4 is 23.5 Å². The van der Waals surface area contributed by atoms with Crippen LogP contribution in [0.1, 0.15) is 16.8 Å². The lowest BCUT2D eigenvalue weighted by Crippen LogP contribution is -2.56. The molecule has 0 saturated carbocycles. The highest BCUT2D eigenvalue weighted by Crippen LogP contribution is 2.24. The van der Waals surface area contributed by atoms with E-state index in [9.17, 15) is 14.4 Å². The number of carbonyl (C=O) groups excluding carboxylic acids is 2. The highest BCUT2D eigenvalue weighted by Gasteiger charge is 2.33. The fourth-order valence-corrected chi connectivity index (χ4v) is 2.30. The summed E-state index contributed by atoms with van der Waals surface area (Å²) < 4.78 is 0. The van der Waals surface area contributed by atoms with E-state index in [4.69, 9.17) is 10.8 Å². The largest absolute Gasteiger partial charge is 0.481 e. The third kappa shape index (κ3) is 2.71. The smallest absolute Gasteiger partial charge is 0.305 e. The van der Waals surface area contributed by atoms with E-state index in [1.54, 1.807) is 29.2 Å². The van der Waals surface area contributed by atoms with Gasteiger partial charge in [0.25, 0.3) is 5.91 Å². The predicted octanol–water partition coefficient (Wildman–Crippen LogP) is -0.435. The Bertz CT molecular complexity index is 558. The molecule has 2 rings (SSSR count). The average Bonchev–Trinajstić information content (AvgIpc) is 2.40. The van der Waals surface area contributed by atoms with Gasteiger partial charge < -0.3 is 21.1 Å². The number of carboxylic acid groups (broad SMARTS) is 1. The van der Waals surface area contributed by atoms with Crippen LogP contribution in [0.4, 0.5) is 5.69 Å². The summed E-state index contributed by atoms with van der Waals surface area (Å²) in [7, 11) is 0. The van der Waals surface area contributed by atoms with Gasteiger partial charge in [0.2, 0.25) is 5.91 Å². The third-order valence-electron chi connectivity index (χ3n) is 3.18. The van der Waals surface area contributed by atoms with Gasteiger partial charge in [-0.05, 0) is 12.1 Å². The van der Waals surface area contributed by atoms with Gasteiger partial charge in [0.05, 0.1) is 17.7 Å². The van der Waals surface area contributed by atoms with Crippen LogP contribution in [0.15, 0.2) is 24.3 Å². The van der Waals surface area contributed by atoms with Crippen molar-refractivity contribution in [2.24, 2.45) is 5.73 Å². The average molecular weight is 277 g/mol. The molecule has 1 fully saturated rings. The first-order chi connectivity index (χ1) is 9.50. The Hall–Kier alpha value is -2.57. The lowest BCUT2D eigenvalue weighted by molar-refractivity contribution is -0.139. The summed E-state index contributed by atoms with van der Waals surface area (Å²) in [6, 6.07) is 5.75. The van der Waals surface area contributed by atoms with E-state index >= 15 is 0 Å². The lowest BCUT2D eigenvalue weighted by Gasteiger charge is -2.36. The number of nitrogens with two attached hydrogens (primary N) is 1. The second-order valence-corrected chi connectivity index (χ2v) is 4.48. The second-order valence-electron chi connectivity index (χ2n) is 4.48. The van der Waals surface area contributed by atoms with Gasteiger partial charge in [-0.2, -0.15) is 0 Å². The summed E-state index contributed by atoms with van der Waals surface area (Å²) in [5, 5.41) is 11.6. The number of piperazine rings is 1. The highest BCUT2D eigenvalue weighted by atomic mass is 16.4. The van der Waals surface area contributed by atoms with Crippen molar-refractivity contribution in [3.63, 3.8) is 0 Å². The van der Waals surface area contributed by atoms with Crippen LogP contribution in [-0.4, -0.2) is 42.0 Å². The van der Waals surface area contributed by atoms with E-state index in [2.05, 4.69) is 5.32 Å². The summed E-state index contributed by atoms with van der Waals surface area (Å²) in [5.74, 6) is -2.05. The number of amides is 2. The minimum Gasteiger partial charge on any atom is -0.481 e. The molecule has 1 aliphatic heterocycles. The van der Waals surface area contributed by atoms with Crippen molar-refractivity contribution in [3.05, 3.63) is 29.8 Å². The molecule has 1 atom stereocenters. The standard InChI is InChI=1S/C13H15N3O4/c14-12(19)8-3-1-2-4-9(8)16-6-5-15-13(20)10(16)7-11(17)18/h1-4,10H,5-7H2,(H2,14,19)(H,15,20)(H,17,18). The quantitative estimate of drug-likeness (QED) is 0.691. The molecule has 1 aromatic carbocycles. The lowest BCUT2D eigenvalue weighted by atomic mass is 10.0. The molecule has 1 saturated heterocycles. The minimum absolute atomic E-state index is 0.276. The summed E-state index contributed by atoms with van der Waals surface area (Å²) in [4.78, 5) is 35.8. The van der Waals surface area contributed by atoms with Crippen molar-refractivity contribution in [1.82, 2.24) is 5.32 Å². The van der Waals surface area contributed by atoms with Crippen LogP contribution in [0.5, 0.6) is 0 Å². The molecule has 0 aromatic heterocycles. The Morgan fingerprint density at radius 3 is 2.75 bits per heavy atom. The number of rotatable bonds is 4. The van der Waals surface area contributed by atoms with Crippen LogP contribution in [0.25, 0.3) is 0 Å². The Morgan fingerprint density at radius 2 is 2.10 bits per heavy atom. The Labute approximate surface area is 115 Å². The van der Waals surface area contributed by atoms with E-state index in [1.807, 2.05) is 0 Å². The maximum atomic E-state index is 11.9. The van der Waals surface area contributed by atoms with E-state index in [0.717, 1.165) is 0 Å². The maximum absolute atomic E-state index is 11.9. The van der Waals surface area contributed by atoms with Gasteiger partial charge in [-0.3, -0.25) is 14.4 Å². The predicted molar refractivity (Wildman–Crippen MR) is 71.4 cm³/mol. The molecule has 4 N–H and O–H groups in total. The fraction of sp³-hybridized carbons (Fsp3) is 0.308. The summed E-state index contributed by atoms with van der Waals surface area (Å²) in [5.41, 5.74) is 6.08. The van der Waals surface area contributed by atoms with E-state index in [-0.39, 0.29) is 17.9 Å². The van der Waals surface area contributed by atoms with E-state index in [1.165, 1.54) is 0 Å². The number of anilines is 1. The zero-order chi connectivity index (χ0) is 14.7. The molecule has 1 heterocycles. The van der Waals surface area contributed by atoms with Crippen molar-refractivity contribution in [3.8, 4) is 0 Å². The molecular weight excluding hydrogens is 262 g/mol. The summed E-state index contributed by atoms with van der Waals surface area (Å²) in [6.45, 7) is 0.816. The molecule has 106 valence electrons. The number of para-hydroxylation sites is 1. The number of aliphatic carboxylic acids is 1. The number of hydrogen-bond donors (Lipinski definition) is 3. The molecular formula is C13H15N3O4. The number of carbonyl (C=O) groups is 3. The Morgan fingerprint density at radius 1 is 1.40 bits per heavy atom. The van der Waals surface area contributed by atoms with Gasteiger partial charge >= 0.3 is 5.97 Å². The first-order valence-electron chi connectivity index (χ1n) is 6.15. The normalized spacial score (nSPS) is 18.5. The van der Waals surface area contributed by atoms with Gasteiger partial charge in [-0.1, -0.05) is 12.1 Å². The third-order valence-corrected chi connectivity index (χ3v) is 3.18.